The van der Waals surface area contributed by atoms with Crippen LogP contribution in [0.25, 0.3) is 16.6 Å². The molecule has 0 aliphatic carbocycles. The number of nitrogens with zero attached hydrogens (tertiary/aromatic N) is 2. The fourth-order valence-electron chi connectivity index (χ4n) is 3.67. The van der Waals surface area contributed by atoms with Crippen molar-refractivity contribution in [3.8, 4) is 11.6 Å². The lowest BCUT2D eigenvalue weighted by atomic mass is 10.1. The van der Waals surface area contributed by atoms with Crippen LogP contribution >= 0.6 is 12.2 Å². The van der Waals surface area contributed by atoms with Crippen molar-refractivity contribution < 1.29 is 14.6 Å². The summed E-state index contributed by atoms with van der Waals surface area (Å²) in [6.07, 6.45) is 3.26. The number of nitrogens with one attached hydrogen (secondary N) is 2. The third-order valence-corrected chi connectivity index (χ3v) is 5.61. The van der Waals surface area contributed by atoms with Crippen molar-refractivity contribution in [2.45, 2.75) is 19.4 Å². The zero-order valence-corrected chi connectivity index (χ0v) is 18.8. The molecular formula is C24H22N4O4S. The van der Waals surface area contributed by atoms with Crippen LogP contribution in [0.3, 0.4) is 0 Å². The molecule has 0 aliphatic heterocycles. The number of hydrogen-bond acceptors (Lipinski definition) is 6. The van der Waals surface area contributed by atoms with Gasteiger partial charge in [0.15, 0.2) is 10.8 Å². The SMILES string of the molecule is COC(=O)C(Cc1c[nH]c2ccccc12)N=Cc1c(O)n(-c2cccc(C)c2)c(=S)[nH]c1=O. The highest BCUT2D eigenvalue weighted by molar-refractivity contribution is 7.71. The first-order chi connectivity index (χ1) is 15.9. The molecule has 33 heavy (non-hydrogen) atoms. The van der Waals surface area contributed by atoms with E-state index in [9.17, 15) is 14.7 Å². The van der Waals surface area contributed by atoms with Crippen molar-refractivity contribution in [3.63, 3.8) is 0 Å². The van der Waals surface area contributed by atoms with Crippen LogP contribution in [0.1, 0.15) is 16.7 Å². The minimum Gasteiger partial charge on any atom is -0.494 e. The normalized spacial score (nSPS) is 12.3. The van der Waals surface area contributed by atoms with Gasteiger partial charge in [0, 0.05) is 29.7 Å². The fourth-order valence-corrected chi connectivity index (χ4v) is 3.95. The number of aliphatic imine (C=N–C) groups is 1. The molecule has 0 fully saturated rings. The Morgan fingerprint density at radius 2 is 2.06 bits per heavy atom. The lowest BCUT2D eigenvalue weighted by Crippen LogP contribution is -2.24. The number of carbonyl (C=O) groups excluding carboxylic acids is 1. The van der Waals surface area contributed by atoms with Crippen LogP contribution in [0.15, 0.2) is 64.5 Å². The first kappa shape index (κ1) is 22.2. The standard InChI is InChI=1S/C24H22N4O4S/c1-14-6-5-7-16(10-14)28-22(30)18(21(29)27-24(28)33)13-26-20(23(31)32-2)11-15-12-25-19-9-4-3-8-17(15)19/h3-10,12-13,20,25,30H,11H2,1-2H3,(H,27,29,33). The zero-order valence-electron chi connectivity index (χ0n) is 18.0. The van der Waals surface area contributed by atoms with Crippen molar-refractivity contribution in [2.75, 3.05) is 7.11 Å². The molecule has 2 aromatic heterocycles. The number of aromatic hydroxyl groups is 1. The Hall–Kier alpha value is -3.98. The van der Waals surface area contributed by atoms with E-state index in [2.05, 4.69) is 15.0 Å². The van der Waals surface area contributed by atoms with Crippen molar-refractivity contribution in [2.24, 2.45) is 4.99 Å². The Bertz CT molecular complexity index is 1480. The van der Waals surface area contributed by atoms with Crippen LogP contribution < -0.4 is 5.56 Å². The number of fused-ring (bicyclic) bond motifs is 1. The lowest BCUT2D eigenvalue weighted by Gasteiger charge is -2.13. The number of benzene rings is 2. The summed E-state index contributed by atoms with van der Waals surface area (Å²) in [5.74, 6) is -0.923. The lowest BCUT2D eigenvalue weighted by molar-refractivity contribution is -0.142. The second kappa shape index (κ2) is 9.25. The number of aromatic amines is 2. The third-order valence-electron chi connectivity index (χ3n) is 5.33. The molecule has 9 heteroatoms. The van der Waals surface area contributed by atoms with Gasteiger partial charge in [0.25, 0.3) is 5.56 Å². The molecule has 168 valence electrons. The average Bonchev–Trinajstić information content (AvgIpc) is 3.20. The van der Waals surface area contributed by atoms with E-state index in [4.69, 9.17) is 17.0 Å². The van der Waals surface area contributed by atoms with Crippen molar-refractivity contribution in [1.29, 1.82) is 0 Å². The number of aryl methyl sites for hydroxylation is 1. The van der Waals surface area contributed by atoms with Gasteiger partial charge in [-0.25, -0.2) is 4.79 Å². The van der Waals surface area contributed by atoms with E-state index in [1.54, 1.807) is 6.07 Å². The maximum Gasteiger partial charge on any atom is 0.330 e. The monoisotopic (exact) mass is 462 g/mol. The molecule has 0 amide bonds. The Morgan fingerprint density at radius 1 is 1.27 bits per heavy atom. The molecule has 4 rings (SSSR count). The molecule has 2 heterocycles. The van der Waals surface area contributed by atoms with E-state index in [1.807, 2.05) is 55.6 Å². The van der Waals surface area contributed by atoms with E-state index < -0.39 is 17.6 Å². The van der Waals surface area contributed by atoms with Crippen LogP contribution in [0.4, 0.5) is 0 Å². The number of esters is 1. The van der Waals surface area contributed by atoms with Gasteiger partial charge in [-0.2, -0.15) is 0 Å². The smallest absolute Gasteiger partial charge is 0.330 e. The summed E-state index contributed by atoms with van der Waals surface area (Å²) < 4.78 is 6.30. The van der Waals surface area contributed by atoms with Crippen LogP contribution in [0.2, 0.25) is 0 Å². The summed E-state index contributed by atoms with van der Waals surface area (Å²) in [5.41, 5.74) is 2.65. The largest absolute Gasteiger partial charge is 0.494 e. The van der Waals surface area contributed by atoms with Crippen LogP contribution in [-0.4, -0.2) is 45.0 Å². The third kappa shape index (κ3) is 4.49. The second-order valence-electron chi connectivity index (χ2n) is 7.55. The number of para-hydroxylation sites is 1. The van der Waals surface area contributed by atoms with Crippen LogP contribution in [-0.2, 0) is 16.0 Å². The van der Waals surface area contributed by atoms with E-state index in [1.165, 1.54) is 17.9 Å². The molecule has 0 spiro atoms. The summed E-state index contributed by atoms with van der Waals surface area (Å²) in [4.78, 5) is 35.0. The highest BCUT2D eigenvalue weighted by Gasteiger charge is 2.21. The molecule has 0 aliphatic rings. The van der Waals surface area contributed by atoms with Gasteiger partial charge in [-0.3, -0.25) is 19.3 Å². The first-order valence-corrected chi connectivity index (χ1v) is 10.6. The summed E-state index contributed by atoms with van der Waals surface area (Å²) in [5, 5.41) is 11.8. The number of rotatable bonds is 6. The van der Waals surface area contributed by atoms with Gasteiger partial charge in [-0.15, -0.1) is 0 Å². The van der Waals surface area contributed by atoms with E-state index >= 15 is 0 Å². The van der Waals surface area contributed by atoms with Crippen LogP contribution in [0.5, 0.6) is 5.88 Å². The Kier molecular flexibility index (Phi) is 6.23. The molecule has 8 nitrogen and oxygen atoms in total. The molecular weight excluding hydrogens is 440 g/mol. The fraction of sp³-hybridized carbons (Fsp3) is 0.167. The molecule has 0 radical (unpaired) electrons. The van der Waals surface area contributed by atoms with Crippen molar-refractivity contribution in [3.05, 3.63) is 86.5 Å². The highest BCUT2D eigenvalue weighted by Crippen LogP contribution is 2.22. The molecule has 0 saturated carbocycles. The topological polar surface area (TPSA) is 112 Å². The average molecular weight is 463 g/mol. The number of H-pyrrole nitrogens is 2. The first-order valence-electron chi connectivity index (χ1n) is 10.2. The summed E-state index contributed by atoms with van der Waals surface area (Å²) >= 11 is 5.26. The van der Waals surface area contributed by atoms with Gasteiger partial charge in [0.2, 0.25) is 5.88 Å². The molecule has 1 atom stereocenters. The summed E-state index contributed by atoms with van der Waals surface area (Å²) in [7, 11) is 1.28. The van der Waals surface area contributed by atoms with Crippen molar-refractivity contribution >= 4 is 35.3 Å². The maximum atomic E-state index is 12.5. The van der Waals surface area contributed by atoms with Gasteiger partial charge >= 0.3 is 5.97 Å². The minimum atomic E-state index is -0.913. The van der Waals surface area contributed by atoms with Gasteiger partial charge in [0.1, 0.15) is 5.56 Å². The van der Waals surface area contributed by atoms with Crippen molar-refractivity contribution in [1.82, 2.24) is 14.5 Å². The number of ether oxygens (including phenoxy) is 1. The molecule has 1 unspecified atom stereocenters. The maximum absolute atomic E-state index is 12.5. The number of hydrogen-bond donors (Lipinski definition) is 3. The Morgan fingerprint density at radius 3 is 2.82 bits per heavy atom. The Balaban J connectivity index is 1.73. The van der Waals surface area contributed by atoms with Gasteiger partial charge < -0.3 is 14.8 Å². The van der Waals surface area contributed by atoms with E-state index in [0.717, 1.165) is 22.0 Å². The summed E-state index contributed by atoms with van der Waals surface area (Å²) in [6, 6.07) is 14.1. The zero-order chi connectivity index (χ0) is 23.5. The highest BCUT2D eigenvalue weighted by atomic mass is 32.1. The van der Waals surface area contributed by atoms with Gasteiger partial charge in [-0.1, -0.05) is 30.3 Å². The predicted molar refractivity (Wildman–Crippen MR) is 129 cm³/mol. The number of methoxy groups -OCH3 is 1. The molecule has 0 saturated heterocycles. The molecule has 3 N–H and O–H groups in total. The van der Waals surface area contributed by atoms with Gasteiger partial charge in [-0.05, 0) is 48.5 Å². The van der Waals surface area contributed by atoms with E-state index in [0.29, 0.717) is 5.69 Å². The molecule has 0 bridgehead atoms. The minimum absolute atomic E-state index is 0.0450. The van der Waals surface area contributed by atoms with E-state index in [-0.39, 0.29) is 22.6 Å². The van der Waals surface area contributed by atoms with Gasteiger partial charge in [0.05, 0.1) is 12.8 Å². The number of aromatic nitrogens is 3. The predicted octanol–water partition coefficient (Wildman–Crippen LogP) is 3.59. The summed E-state index contributed by atoms with van der Waals surface area (Å²) in [6.45, 7) is 1.91. The second-order valence-corrected chi connectivity index (χ2v) is 7.94. The Labute approximate surface area is 194 Å². The quantitative estimate of drug-likeness (QED) is 0.230. The number of carbonyl (C=O) groups is 1. The van der Waals surface area contributed by atoms with Crippen LogP contribution in [0, 0.1) is 11.7 Å². The molecule has 2 aromatic carbocycles. The molecule has 4 aromatic rings.